The first-order valence-corrected chi connectivity index (χ1v) is 6.82. The van der Waals surface area contributed by atoms with Gasteiger partial charge in [0.25, 0.3) is 0 Å². The number of nitrogens with zero attached hydrogens (tertiary/aromatic N) is 1. The Kier molecular flexibility index (Phi) is 4.10. The van der Waals surface area contributed by atoms with E-state index in [1.807, 2.05) is 0 Å². The van der Waals surface area contributed by atoms with E-state index in [1.54, 1.807) is 4.15 Å². The summed E-state index contributed by atoms with van der Waals surface area (Å²) >= 11 is 0. The van der Waals surface area contributed by atoms with Gasteiger partial charge in [-0.1, -0.05) is 11.9 Å². The van der Waals surface area contributed by atoms with Crippen LogP contribution in [-0.2, 0) is 25.3 Å². The highest BCUT2D eigenvalue weighted by molar-refractivity contribution is 7.94. The van der Waals surface area contributed by atoms with Gasteiger partial charge >= 0.3 is 28.6 Å². The third-order valence-electron chi connectivity index (χ3n) is 0.666. The Morgan fingerprint density at radius 3 is 1.93 bits per heavy atom. The molecule has 0 aliphatic carbocycles. The van der Waals surface area contributed by atoms with Crippen LogP contribution in [0.15, 0.2) is 4.15 Å². The monoisotopic (exact) mass is 276 g/mol. The molecule has 0 radical (unpaired) electrons. The van der Waals surface area contributed by atoms with Crippen LogP contribution in [0.25, 0.3) is 0 Å². The fraction of sp³-hybridized carbons (Fsp3) is 1.00. The Hall–Kier alpha value is -0.160. The van der Waals surface area contributed by atoms with Crippen LogP contribution >= 0.6 is 7.74 Å². The van der Waals surface area contributed by atoms with Crippen molar-refractivity contribution in [1.29, 1.82) is 0 Å². The van der Waals surface area contributed by atoms with Gasteiger partial charge in [-0.3, -0.25) is 0 Å². The molecule has 1 N–H and O–H groups in total. The number of nitrogens with one attached hydrogen (secondary N) is 1. The summed E-state index contributed by atoms with van der Waals surface area (Å²) in [4.78, 5) is 0. The molecule has 86 valence electrons. The van der Waals surface area contributed by atoms with Crippen LogP contribution in [0.1, 0.15) is 0 Å². The van der Waals surface area contributed by atoms with E-state index in [0.717, 1.165) is 0 Å². The maximum absolute atomic E-state index is 12.9. The fourth-order valence-corrected chi connectivity index (χ4v) is 3.42. The molecule has 0 aromatic heterocycles. The number of halogens is 3. The van der Waals surface area contributed by atoms with E-state index in [-0.39, 0.29) is 0 Å². The average molecular weight is 276 g/mol. The van der Waals surface area contributed by atoms with Gasteiger partial charge < -0.3 is 4.52 Å². The molecule has 7 nitrogen and oxygen atoms in total. The van der Waals surface area contributed by atoms with E-state index in [1.165, 1.54) is 0 Å². The molecule has 0 heterocycles. The molecule has 0 aliphatic rings. The molecule has 14 heavy (non-hydrogen) atoms. The van der Waals surface area contributed by atoms with E-state index in [9.17, 15) is 28.8 Å². The van der Waals surface area contributed by atoms with Crippen LogP contribution in [0, 0.1) is 0 Å². The van der Waals surface area contributed by atoms with Gasteiger partial charge in [-0.25, -0.2) is 0 Å². The second-order valence-corrected chi connectivity index (χ2v) is 6.16. The zero-order valence-electron chi connectivity index (χ0n) is 6.39. The lowest BCUT2D eigenvalue weighted by molar-refractivity contribution is 0.413. The van der Waals surface area contributed by atoms with Crippen molar-refractivity contribution in [2.24, 2.45) is 4.15 Å². The van der Waals surface area contributed by atoms with E-state index in [4.69, 9.17) is 0 Å². The van der Waals surface area contributed by atoms with Crippen LogP contribution in [-0.4, -0.2) is 23.9 Å². The van der Waals surface area contributed by atoms with E-state index >= 15 is 0 Å². The Morgan fingerprint density at radius 2 is 1.71 bits per heavy atom. The standard InChI is InChI=1S/CH4F3N2O5PS2/c1-11-12(2,5-13(3,7)8)6-14(4,9)10/h5H,1H3. The van der Waals surface area contributed by atoms with Gasteiger partial charge in [-0.2, -0.15) is 21.0 Å². The molecular weight excluding hydrogens is 272 g/mol. The third kappa shape index (κ3) is 6.32. The van der Waals surface area contributed by atoms with Gasteiger partial charge in [-0.05, 0) is 0 Å². The van der Waals surface area contributed by atoms with Gasteiger partial charge in [0.1, 0.15) is 0 Å². The lowest BCUT2D eigenvalue weighted by atomic mass is 11.8. The van der Waals surface area contributed by atoms with Crippen molar-refractivity contribution in [3.63, 3.8) is 0 Å². The van der Waals surface area contributed by atoms with Crippen molar-refractivity contribution in [3.05, 3.63) is 0 Å². The number of hydrogen-bond acceptors (Lipinski definition) is 5. The van der Waals surface area contributed by atoms with Crippen LogP contribution in [0.5, 0.6) is 0 Å². The number of rotatable bonds is 4. The van der Waals surface area contributed by atoms with Gasteiger partial charge in [0.15, 0.2) is 0 Å². The summed E-state index contributed by atoms with van der Waals surface area (Å²) in [5.41, 5.74) is 0. The van der Waals surface area contributed by atoms with Gasteiger partial charge in [0.05, 0.1) is 0 Å². The zero-order chi connectivity index (χ0) is 11.6. The van der Waals surface area contributed by atoms with E-state index < -0.39 is 28.6 Å². The van der Waals surface area contributed by atoms with Crippen molar-refractivity contribution in [1.82, 2.24) is 4.49 Å². The normalized spacial score (nSPS) is 17.4. The smallest absolute Gasteiger partial charge is 0.311 e. The first-order valence-electron chi connectivity index (χ1n) is 2.55. The highest BCUT2D eigenvalue weighted by atomic mass is 32.3. The highest BCUT2D eigenvalue weighted by Crippen LogP contribution is 2.49. The summed E-state index contributed by atoms with van der Waals surface area (Å²) < 4.78 is 81.7. The molecule has 0 aromatic carbocycles. The molecule has 0 bridgehead atoms. The second-order valence-electron chi connectivity index (χ2n) is 1.71. The first-order chi connectivity index (χ1) is 5.97. The predicted molar refractivity (Wildman–Crippen MR) is 40.7 cm³/mol. The summed E-state index contributed by atoms with van der Waals surface area (Å²) in [5.74, 6) is 0. The quantitative estimate of drug-likeness (QED) is 0.597. The minimum absolute atomic E-state index is 0.481. The van der Waals surface area contributed by atoms with Crippen molar-refractivity contribution in [3.8, 4) is 0 Å². The molecule has 0 aromatic rings. The summed E-state index contributed by atoms with van der Waals surface area (Å²) in [6.07, 6.45) is 0. The summed E-state index contributed by atoms with van der Waals surface area (Å²) in [7, 11) is -16.0. The van der Waals surface area contributed by atoms with Gasteiger partial charge in [-0.15, -0.1) is 4.49 Å². The molecule has 0 amide bonds. The van der Waals surface area contributed by atoms with Crippen LogP contribution < -0.4 is 4.49 Å². The van der Waals surface area contributed by atoms with Crippen LogP contribution in [0.4, 0.5) is 12.0 Å². The van der Waals surface area contributed by atoms with Crippen molar-refractivity contribution in [2.75, 3.05) is 7.11 Å². The topological polar surface area (TPSA) is 102 Å². The van der Waals surface area contributed by atoms with E-state index in [2.05, 4.69) is 4.52 Å². The average Bonchev–Trinajstić information content (AvgIpc) is 1.78. The largest absolute Gasteiger partial charge is 0.422 e. The Bertz CT molecular complexity index is 453. The van der Waals surface area contributed by atoms with E-state index in [0.29, 0.717) is 11.6 Å². The minimum Gasteiger partial charge on any atom is -0.311 e. The molecule has 0 spiro atoms. The van der Waals surface area contributed by atoms with Gasteiger partial charge in [0, 0.05) is 7.11 Å². The van der Waals surface area contributed by atoms with Crippen molar-refractivity contribution < 1.29 is 33.3 Å². The maximum atomic E-state index is 12.9. The van der Waals surface area contributed by atoms with Gasteiger partial charge in [0.2, 0.25) is 0 Å². The molecular formula is CH4F3N2O5PS2. The highest BCUT2D eigenvalue weighted by Gasteiger charge is 2.29. The molecule has 1 unspecified atom stereocenters. The lowest BCUT2D eigenvalue weighted by Crippen LogP contribution is -2.15. The first kappa shape index (κ1) is 13.8. The Labute approximate surface area is 78.3 Å². The lowest BCUT2D eigenvalue weighted by Gasteiger charge is -2.08. The van der Waals surface area contributed by atoms with Crippen molar-refractivity contribution in [2.45, 2.75) is 0 Å². The SMILES string of the molecule is COP(F)(=NS(=O)(=O)F)NS(=O)(=O)F. The fourth-order valence-electron chi connectivity index (χ4n) is 0.347. The molecule has 13 heteroatoms. The van der Waals surface area contributed by atoms with Crippen LogP contribution in [0.2, 0.25) is 0 Å². The predicted octanol–water partition coefficient (Wildman–Crippen LogP) is 0.567. The maximum Gasteiger partial charge on any atom is 0.422 e. The summed E-state index contributed by atoms with van der Waals surface area (Å²) in [6.45, 7) is 0. The van der Waals surface area contributed by atoms with Crippen LogP contribution in [0.3, 0.4) is 0 Å². The summed E-state index contributed by atoms with van der Waals surface area (Å²) in [6, 6.07) is 0. The molecule has 0 aliphatic heterocycles. The molecule has 0 fully saturated rings. The molecule has 0 rings (SSSR count). The van der Waals surface area contributed by atoms with Crippen molar-refractivity contribution >= 4 is 28.6 Å². The molecule has 0 saturated carbocycles. The molecule has 0 saturated heterocycles. The minimum atomic E-state index is -5.69. The zero-order valence-corrected chi connectivity index (χ0v) is 8.91. The Morgan fingerprint density at radius 1 is 1.29 bits per heavy atom. The Balaban J connectivity index is 5.33. The third-order valence-corrected chi connectivity index (χ3v) is 4.54. The second kappa shape index (κ2) is 4.14. The molecule has 1 atom stereocenters. The number of hydrogen-bond donors (Lipinski definition) is 1. The summed E-state index contributed by atoms with van der Waals surface area (Å²) in [5, 5.41) is 0.